The first kappa shape index (κ1) is 15.6. The fourth-order valence-corrected chi connectivity index (χ4v) is 3.05. The average Bonchev–Trinajstić information content (AvgIpc) is 2.98. The second-order valence-corrected chi connectivity index (χ2v) is 6.40. The Morgan fingerprint density at radius 2 is 2.13 bits per heavy atom. The molecule has 0 radical (unpaired) electrons. The Balaban J connectivity index is 2.01. The predicted molar refractivity (Wildman–Crippen MR) is 92.1 cm³/mol. The van der Waals surface area contributed by atoms with Crippen molar-refractivity contribution in [3.63, 3.8) is 0 Å². The fraction of sp³-hybridized carbons (Fsp3) is 0.176. The fourth-order valence-electron chi connectivity index (χ4n) is 2.69. The second kappa shape index (κ2) is 6.04. The van der Waals surface area contributed by atoms with Crippen LogP contribution in [0.15, 0.2) is 28.7 Å². The summed E-state index contributed by atoms with van der Waals surface area (Å²) in [4.78, 5) is 26.2. The molecule has 0 atom stereocenters. The highest BCUT2D eigenvalue weighted by Gasteiger charge is 2.24. The molecule has 0 aliphatic carbocycles. The third-order valence-electron chi connectivity index (χ3n) is 3.73. The van der Waals surface area contributed by atoms with Crippen LogP contribution in [-0.2, 0) is 16.0 Å². The number of benzene rings is 1. The zero-order valence-electron chi connectivity index (χ0n) is 12.4. The summed E-state index contributed by atoms with van der Waals surface area (Å²) in [6.07, 6.45) is 2.27. The topological polar surface area (TPSA) is 82.2 Å². The Bertz CT molecular complexity index is 836. The van der Waals surface area contributed by atoms with Crippen LogP contribution in [0, 0.1) is 6.92 Å². The number of carbonyl (C=O) groups excluding carboxylic acids is 1. The number of aryl methyl sites for hydroxylation is 2. The number of aromatic amines is 1. The smallest absolute Gasteiger partial charge is 0.303 e. The molecule has 0 fully saturated rings. The second-order valence-electron chi connectivity index (χ2n) is 5.49. The van der Waals surface area contributed by atoms with Crippen molar-refractivity contribution in [3.8, 4) is 0 Å². The zero-order valence-corrected chi connectivity index (χ0v) is 14.0. The van der Waals surface area contributed by atoms with Crippen molar-refractivity contribution in [3.05, 3.63) is 51.3 Å². The van der Waals surface area contributed by atoms with E-state index in [1.165, 1.54) is 0 Å². The first-order chi connectivity index (χ1) is 10.9. The molecule has 0 unspecified atom stereocenters. The van der Waals surface area contributed by atoms with Gasteiger partial charge in [0.2, 0.25) is 0 Å². The van der Waals surface area contributed by atoms with Gasteiger partial charge in [0, 0.05) is 33.5 Å². The lowest BCUT2D eigenvalue weighted by atomic mass is 10.0. The van der Waals surface area contributed by atoms with E-state index in [-0.39, 0.29) is 12.3 Å². The van der Waals surface area contributed by atoms with E-state index >= 15 is 0 Å². The SMILES string of the molecule is Cc1cc(CCC(=O)O)c(C=C2C(=O)Nc3ccc(Br)cc32)[nH]1. The van der Waals surface area contributed by atoms with Gasteiger partial charge in [-0.05, 0) is 49.2 Å². The molecule has 3 N–H and O–H groups in total. The molecule has 23 heavy (non-hydrogen) atoms. The number of halogens is 1. The Kier molecular flexibility index (Phi) is 4.09. The van der Waals surface area contributed by atoms with Crippen LogP contribution in [0.4, 0.5) is 5.69 Å². The van der Waals surface area contributed by atoms with Crippen LogP contribution in [0.3, 0.4) is 0 Å². The van der Waals surface area contributed by atoms with Crippen LogP contribution in [-0.4, -0.2) is 22.0 Å². The Morgan fingerprint density at radius 3 is 2.87 bits per heavy atom. The number of carboxylic acids is 1. The van der Waals surface area contributed by atoms with Crippen LogP contribution in [0.5, 0.6) is 0 Å². The summed E-state index contributed by atoms with van der Waals surface area (Å²) in [5, 5.41) is 11.7. The molecular weight excluding hydrogens is 360 g/mol. The monoisotopic (exact) mass is 374 g/mol. The summed E-state index contributed by atoms with van der Waals surface area (Å²) in [5.41, 5.74) is 4.79. The number of rotatable bonds is 4. The summed E-state index contributed by atoms with van der Waals surface area (Å²) < 4.78 is 0.896. The van der Waals surface area contributed by atoms with Crippen molar-refractivity contribution in [2.75, 3.05) is 5.32 Å². The van der Waals surface area contributed by atoms with Crippen LogP contribution in [0.2, 0.25) is 0 Å². The highest BCUT2D eigenvalue weighted by Crippen LogP contribution is 2.35. The van der Waals surface area contributed by atoms with Crippen LogP contribution in [0.1, 0.15) is 28.9 Å². The average molecular weight is 375 g/mol. The van der Waals surface area contributed by atoms with Gasteiger partial charge in [0.25, 0.3) is 5.91 Å². The molecule has 1 amide bonds. The zero-order chi connectivity index (χ0) is 16.6. The summed E-state index contributed by atoms with van der Waals surface area (Å²) in [7, 11) is 0. The van der Waals surface area contributed by atoms with Gasteiger partial charge < -0.3 is 15.4 Å². The van der Waals surface area contributed by atoms with Gasteiger partial charge in [-0.25, -0.2) is 0 Å². The molecule has 5 nitrogen and oxygen atoms in total. The van der Waals surface area contributed by atoms with Gasteiger partial charge in [-0.3, -0.25) is 9.59 Å². The molecule has 0 saturated carbocycles. The van der Waals surface area contributed by atoms with Crippen molar-refractivity contribution < 1.29 is 14.7 Å². The Labute approximate surface area is 141 Å². The first-order valence-electron chi connectivity index (χ1n) is 7.17. The van der Waals surface area contributed by atoms with Crippen molar-refractivity contribution >= 4 is 45.1 Å². The number of fused-ring (bicyclic) bond motifs is 1. The van der Waals surface area contributed by atoms with Crippen molar-refractivity contribution in [2.45, 2.75) is 19.8 Å². The maximum Gasteiger partial charge on any atom is 0.303 e. The number of carboxylic acid groups (broad SMARTS) is 1. The number of carbonyl (C=O) groups is 2. The summed E-state index contributed by atoms with van der Waals surface area (Å²) in [6.45, 7) is 1.91. The van der Waals surface area contributed by atoms with Gasteiger partial charge in [-0.2, -0.15) is 0 Å². The van der Waals surface area contributed by atoms with Gasteiger partial charge in [0.15, 0.2) is 0 Å². The number of anilines is 1. The summed E-state index contributed by atoms with van der Waals surface area (Å²) >= 11 is 3.42. The number of aliphatic carboxylic acids is 1. The van der Waals surface area contributed by atoms with Crippen molar-refractivity contribution in [1.29, 1.82) is 0 Å². The van der Waals surface area contributed by atoms with E-state index in [0.717, 1.165) is 32.7 Å². The first-order valence-corrected chi connectivity index (χ1v) is 7.96. The number of nitrogens with one attached hydrogen (secondary N) is 2. The highest BCUT2D eigenvalue weighted by molar-refractivity contribution is 9.10. The normalized spacial score (nSPS) is 14.9. The van der Waals surface area contributed by atoms with E-state index in [4.69, 9.17) is 5.11 Å². The molecular formula is C17H15BrN2O3. The van der Waals surface area contributed by atoms with Gasteiger partial charge in [0.1, 0.15) is 0 Å². The molecule has 0 spiro atoms. The molecule has 0 saturated heterocycles. The molecule has 6 heteroatoms. The van der Waals surface area contributed by atoms with E-state index in [1.54, 1.807) is 6.08 Å². The lowest BCUT2D eigenvalue weighted by Crippen LogP contribution is -2.04. The van der Waals surface area contributed by atoms with Crippen LogP contribution in [0.25, 0.3) is 11.6 Å². The van der Waals surface area contributed by atoms with Crippen LogP contribution >= 0.6 is 15.9 Å². The third kappa shape index (κ3) is 3.22. The molecule has 3 rings (SSSR count). The lowest BCUT2D eigenvalue weighted by Gasteiger charge is -2.01. The number of hydrogen-bond acceptors (Lipinski definition) is 2. The maximum atomic E-state index is 12.2. The number of aromatic nitrogens is 1. The number of amides is 1. The number of H-pyrrole nitrogens is 1. The van der Waals surface area contributed by atoms with E-state index in [9.17, 15) is 9.59 Å². The van der Waals surface area contributed by atoms with Gasteiger partial charge in [-0.1, -0.05) is 15.9 Å². The van der Waals surface area contributed by atoms with E-state index < -0.39 is 5.97 Å². The minimum absolute atomic E-state index is 0.0573. The quantitative estimate of drug-likeness (QED) is 0.715. The third-order valence-corrected chi connectivity index (χ3v) is 4.22. The van der Waals surface area contributed by atoms with Crippen molar-refractivity contribution in [2.24, 2.45) is 0 Å². The molecule has 1 aliphatic rings. The Morgan fingerprint density at radius 1 is 1.35 bits per heavy atom. The van der Waals surface area contributed by atoms with Gasteiger partial charge in [-0.15, -0.1) is 0 Å². The molecule has 2 aromatic rings. The molecule has 2 heterocycles. The molecule has 1 aromatic heterocycles. The molecule has 118 valence electrons. The molecule has 1 aliphatic heterocycles. The molecule has 0 bridgehead atoms. The standard InChI is InChI=1S/C17H15BrN2O3/c1-9-6-10(2-5-16(21)22)15(19-9)8-13-12-7-11(18)3-4-14(12)20-17(13)23/h3-4,6-8,19H,2,5H2,1H3,(H,20,23)(H,21,22). The summed E-state index contributed by atoms with van der Waals surface area (Å²) in [5.74, 6) is -0.995. The minimum atomic E-state index is -0.838. The lowest BCUT2D eigenvalue weighted by molar-refractivity contribution is -0.137. The van der Waals surface area contributed by atoms with E-state index in [1.807, 2.05) is 31.2 Å². The maximum absolute atomic E-state index is 12.2. The van der Waals surface area contributed by atoms with Crippen molar-refractivity contribution in [1.82, 2.24) is 4.98 Å². The van der Waals surface area contributed by atoms with Gasteiger partial charge in [0.05, 0.1) is 5.57 Å². The van der Waals surface area contributed by atoms with Crippen LogP contribution < -0.4 is 5.32 Å². The van der Waals surface area contributed by atoms with Gasteiger partial charge >= 0.3 is 5.97 Å². The highest BCUT2D eigenvalue weighted by atomic mass is 79.9. The minimum Gasteiger partial charge on any atom is -0.481 e. The number of hydrogen-bond donors (Lipinski definition) is 3. The van der Waals surface area contributed by atoms with E-state index in [0.29, 0.717) is 12.0 Å². The van der Waals surface area contributed by atoms with E-state index in [2.05, 4.69) is 26.2 Å². The Hall–Kier alpha value is -2.34. The predicted octanol–water partition coefficient (Wildman–Crippen LogP) is 3.60. The summed E-state index contributed by atoms with van der Waals surface area (Å²) in [6, 6.07) is 7.54. The molecule has 1 aromatic carbocycles. The largest absolute Gasteiger partial charge is 0.481 e.